The lowest BCUT2D eigenvalue weighted by Gasteiger charge is -2.19. The molecule has 2 aromatic rings. The average molecular weight is 469 g/mol. The Morgan fingerprint density at radius 1 is 1.00 bits per heavy atom. The number of esters is 1. The van der Waals surface area contributed by atoms with Crippen molar-refractivity contribution in [1.29, 1.82) is 0 Å². The van der Waals surface area contributed by atoms with Crippen LogP contribution >= 0.6 is 12.2 Å². The largest absolute Gasteiger partial charge is 0.490 e. The Balaban J connectivity index is 2.03. The fraction of sp³-hybridized carbons (Fsp3) is 0.320. The molecule has 33 heavy (non-hydrogen) atoms. The Hall–Kier alpha value is -3.39. The van der Waals surface area contributed by atoms with Gasteiger partial charge in [0.25, 0.3) is 5.91 Å². The van der Waals surface area contributed by atoms with Crippen LogP contribution in [0.5, 0.6) is 11.5 Å². The highest BCUT2D eigenvalue weighted by Gasteiger charge is 2.40. The van der Waals surface area contributed by atoms with Crippen molar-refractivity contribution in [3.05, 3.63) is 59.3 Å². The van der Waals surface area contributed by atoms with E-state index in [0.29, 0.717) is 36.0 Å². The first-order valence-electron chi connectivity index (χ1n) is 10.9. The van der Waals surface area contributed by atoms with Crippen molar-refractivity contribution in [3.8, 4) is 11.5 Å². The van der Waals surface area contributed by atoms with Crippen molar-refractivity contribution in [2.75, 3.05) is 31.8 Å². The van der Waals surface area contributed by atoms with Crippen molar-refractivity contribution in [3.63, 3.8) is 0 Å². The first-order chi connectivity index (χ1) is 15.9. The Bertz CT molecular complexity index is 1060. The number of hydrogen-bond donors (Lipinski definition) is 0. The van der Waals surface area contributed by atoms with E-state index in [-0.39, 0.29) is 23.3 Å². The zero-order valence-electron chi connectivity index (χ0n) is 19.3. The van der Waals surface area contributed by atoms with Crippen LogP contribution in [-0.2, 0) is 20.7 Å². The molecule has 1 saturated heterocycles. The molecule has 1 aliphatic heterocycles. The summed E-state index contributed by atoms with van der Waals surface area (Å²) in [7, 11) is 1.30. The summed E-state index contributed by atoms with van der Waals surface area (Å²) in [4.78, 5) is 28.5. The van der Waals surface area contributed by atoms with Crippen molar-refractivity contribution in [2.24, 2.45) is 0 Å². The maximum atomic E-state index is 13.5. The number of benzene rings is 2. The Kier molecular flexibility index (Phi) is 8.06. The van der Waals surface area contributed by atoms with E-state index in [1.165, 1.54) is 16.9 Å². The third-order valence-corrected chi connectivity index (χ3v) is 5.53. The van der Waals surface area contributed by atoms with Gasteiger partial charge >= 0.3 is 5.97 Å². The third-order valence-electron chi connectivity index (χ3n) is 5.12. The molecule has 0 radical (unpaired) electrons. The second-order valence-corrected chi connectivity index (χ2v) is 7.57. The maximum absolute atomic E-state index is 13.5. The molecule has 0 saturated carbocycles. The standard InChI is InChI=1S/C25H28N2O5S/c1-5-17-8-11-19(12-9-17)27-24(29)20(26(25(27)33)16-23(28)30-4)14-18-10-13-21(31-6-2)22(15-18)32-7-3/h8-15H,5-7,16H2,1-4H3/b20-14-. The lowest BCUT2D eigenvalue weighted by atomic mass is 10.1. The van der Waals surface area contributed by atoms with Crippen LogP contribution in [0, 0.1) is 0 Å². The van der Waals surface area contributed by atoms with E-state index in [9.17, 15) is 9.59 Å². The van der Waals surface area contributed by atoms with Gasteiger partial charge in [-0.1, -0.05) is 25.1 Å². The number of nitrogens with zero attached hydrogens (tertiary/aromatic N) is 2. The molecule has 0 spiro atoms. The molecule has 1 fully saturated rings. The summed E-state index contributed by atoms with van der Waals surface area (Å²) >= 11 is 5.60. The molecular formula is C25H28N2O5S. The molecule has 2 aromatic carbocycles. The van der Waals surface area contributed by atoms with Crippen LogP contribution in [0.2, 0.25) is 0 Å². The zero-order valence-corrected chi connectivity index (χ0v) is 20.1. The third kappa shape index (κ3) is 5.34. The summed E-state index contributed by atoms with van der Waals surface area (Å²) in [6, 6.07) is 13.0. The van der Waals surface area contributed by atoms with Gasteiger partial charge in [0.05, 0.1) is 26.0 Å². The minimum atomic E-state index is -0.499. The van der Waals surface area contributed by atoms with Crippen molar-refractivity contribution >= 4 is 41.0 Å². The van der Waals surface area contributed by atoms with Crippen LogP contribution in [0.4, 0.5) is 5.69 Å². The van der Waals surface area contributed by atoms with Gasteiger partial charge in [0.1, 0.15) is 12.2 Å². The molecular weight excluding hydrogens is 440 g/mol. The van der Waals surface area contributed by atoms with E-state index in [1.54, 1.807) is 18.2 Å². The minimum Gasteiger partial charge on any atom is -0.490 e. The lowest BCUT2D eigenvalue weighted by molar-refractivity contribution is -0.140. The molecule has 1 aliphatic rings. The summed E-state index contributed by atoms with van der Waals surface area (Å²) in [6.45, 7) is 6.65. The van der Waals surface area contributed by atoms with Gasteiger partial charge in [-0.15, -0.1) is 0 Å². The van der Waals surface area contributed by atoms with Gasteiger partial charge in [0.2, 0.25) is 0 Å². The molecule has 0 atom stereocenters. The molecule has 0 bridgehead atoms. The topological polar surface area (TPSA) is 68.3 Å². The second kappa shape index (κ2) is 11.0. The van der Waals surface area contributed by atoms with Gasteiger partial charge in [-0.25, -0.2) is 0 Å². The van der Waals surface area contributed by atoms with Gasteiger partial charge in [-0.05, 0) is 74.0 Å². The molecule has 7 nitrogen and oxygen atoms in total. The quantitative estimate of drug-likeness (QED) is 0.310. The van der Waals surface area contributed by atoms with Gasteiger partial charge in [0.15, 0.2) is 16.6 Å². The average Bonchev–Trinajstić information content (AvgIpc) is 3.04. The smallest absolute Gasteiger partial charge is 0.325 e. The number of hydrogen-bond acceptors (Lipinski definition) is 6. The summed E-state index contributed by atoms with van der Waals surface area (Å²) in [5.74, 6) is 0.382. The van der Waals surface area contributed by atoms with Gasteiger partial charge in [-0.2, -0.15) is 0 Å². The van der Waals surface area contributed by atoms with Crippen LogP contribution in [0.1, 0.15) is 31.9 Å². The number of thiocarbonyl (C=S) groups is 1. The van der Waals surface area contributed by atoms with E-state index in [0.717, 1.165) is 12.0 Å². The number of carbonyl (C=O) groups is 2. The predicted octanol–water partition coefficient (Wildman–Crippen LogP) is 4.19. The number of ether oxygens (including phenoxy) is 3. The fourth-order valence-corrected chi connectivity index (χ4v) is 3.80. The number of carbonyl (C=O) groups excluding carboxylic acids is 2. The number of rotatable bonds is 9. The highest BCUT2D eigenvalue weighted by Crippen LogP contribution is 2.32. The van der Waals surface area contributed by atoms with Crippen LogP contribution in [-0.4, -0.2) is 48.8 Å². The molecule has 3 rings (SSSR count). The van der Waals surface area contributed by atoms with E-state index >= 15 is 0 Å². The zero-order chi connectivity index (χ0) is 24.0. The second-order valence-electron chi connectivity index (χ2n) is 7.21. The van der Waals surface area contributed by atoms with Gasteiger partial charge < -0.3 is 19.1 Å². The van der Waals surface area contributed by atoms with Crippen molar-refractivity contribution < 1.29 is 23.8 Å². The number of aryl methyl sites for hydroxylation is 1. The predicted molar refractivity (Wildman–Crippen MR) is 131 cm³/mol. The Labute approximate surface area is 199 Å². The number of amides is 1. The van der Waals surface area contributed by atoms with Gasteiger partial charge in [0, 0.05) is 0 Å². The first kappa shape index (κ1) is 24.3. The summed E-state index contributed by atoms with van der Waals surface area (Å²) in [5.41, 5.74) is 2.78. The minimum absolute atomic E-state index is 0.175. The molecule has 0 aliphatic carbocycles. The van der Waals surface area contributed by atoms with Gasteiger partial charge in [-0.3, -0.25) is 14.5 Å². The van der Waals surface area contributed by atoms with E-state index in [2.05, 4.69) is 6.92 Å². The molecule has 8 heteroatoms. The normalized spacial score (nSPS) is 14.7. The van der Waals surface area contributed by atoms with E-state index < -0.39 is 5.97 Å². The molecule has 0 aromatic heterocycles. The summed E-state index contributed by atoms with van der Waals surface area (Å²) in [5, 5.41) is 0.219. The van der Waals surface area contributed by atoms with Crippen LogP contribution in [0.25, 0.3) is 6.08 Å². The maximum Gasteiger partial charge on any atom is 0.325 e. The summed E-state index contributed by atoms with van der Waals surface area (Å²) in [6.07, 6.45) is 2.58. The Morgan fingerprint density at radius 3 is 2.27 bits per heavy atom. The highest BCUT2D eigenvalue weighted by molar-refractivity contribution is 7.80. The fourth-order valence-electron chi connectivity index (χ4n) is 3.45. The van der Waals surface area contributed by atoms with Crippen molar-refractivity contribution in [2.45, 2.75) is 27.2 Å². The van der Waals surface area contributed by atoms with Crippen LogP contribution in [0.15, 0.2) is 48.2 Å². The SMILES string of the molecule is CCOc1ccc(/C=C2/C(=O)N(c3ccc(CC)cc3)C(=S)N2CC(=O)OC)cc1OCC. The summed E-state index contributed by atoms with van der Waals surface area (Å²) < 4.78 is 16.1. The molecule has 1 heterocycles. The van der Waals surface area contributed by atoms with Crippen LogP contribution in [0.3, 0.4) is 0 Å². The molecule has 0 N–H and O–H groups in total. The first-order valence-corrected chi connectivity index (χ1v) is 11.3. The lowest BCUT2D eigenvalue weighted by Crippen LogP contribution is -2.35. The number of anilines is 1. The molecule has 1 amide bonds. The molecule has 0 unspecified atom stereocenters. The molecule has 174 valence electrons. The highest BCUT2D eigenvalue weighted by atomic mass is 32.1. The van der Waals surface area contributed by atoms with Crippen molar-refractivity contribution in [1.82, 2.24) is 4.90 Å². The Morgan fingerprint density at radius 2 is 1.67 bits per heavy atom. The van der Waals surface area contributed by atoms with E-state index in [4.69, 9.17) is 26.4 Å². The van der Waals surface area contributed by atoms with Crippen LogP contribution < -0.4 is 14.4 Å². The van der Waals surface area contributed by atoms with E-state index in [1.807, 2.05) is 44.2 Å². The monoisotopic (exact) mass is 468 g/mol. The number of methoxy groups -OCH3 is 1.